The quantitative estimate of drug-likeness (QED) is 0.742. The molecule has 0 bridgehead atoms. The van der Waals surface area contributed by atoms with Crippen molar-refractivity contribution in [3.05, 3.63) is 23.8 Å². The Balaban J connectivity index is 1.45. The van der Waals surface area contributed by atoms with Gasteiger partial charge in [-0.15, -0.1) is 5.10 Å². The van der Waals surface area contributed by atoms with Gasteiger partial charge in [-0.05, 0) is 22.9 Å². The van der Waals surface area contributed by atoms with Crippen molar-refractivity contribution in [2.45, 2.75) is 52.9 Å². The maximum Gasteiger partial charge on any atom is 0.225 e. The van der Waals surface area contributed by atoms with E-state index in [1.807, 2.05) is 29.5 Å². The average Bonchev–Trinajstić information content (AvgIpc) is 3.27. The van der Waals surface area contributed by atoms with Crippen LogP contribution in [0.3, 0.4) is 0 Å². The van der Waals surface area contributed by atoms with Crippen molar-refractivity contribution in [1.29, 1.82) is 0 Å². The lowest BCUT2D eigenvalue weighted by Crippen LogP contribution is -2.40. The topological polar surface area (TPSA) is 111 Å². The Hall–Kier alpha value is -2.78. The number of fused-ring (bicyclic) bond motifs is 1. The van der Waals surface area contributed by atoms with Gasteiger partial charge in [0.15, 0.2) is 0 Å². The lowest BCUT2D eigenvalue weighted by Gasteiger charge is -2.29. The van der Waals surface area contributed by atoms with E-state index < -0.39 is 0 Å². The largest absolute Gasteiger partial charge is 0.350 e. The molecule has 1 aliphatic rings. The van der Waals surface area contributed by atoms with E-state index in [0.717, 1.165) is 11.4 Å². The van der Waals surface area contributed by atoms with Crippen molar-refractivity contribution in [1.82, 2.24) is 40.2 Å². The molecule has 2 amide bonds. The van der Waals surface area contributed by atoms with Crippen molar-refractivity contribution >= 4 is 11.8 Å². The first kappa shape index (κ1) is 18.0. The molecule has 0 spiro atoms. The summed E-state index contributed by atoms with van der Waals surface area (Å²) < 4.78 is 3.52. The number of aromatic nitrogens is 6. The lowest BCUT2D eigenvalue weighted by atomic mass is 10.1. The van der Waals surface area contributed by atoms with Crippen molar-refractivity contribution < 1.29 is 9.59 Å². The number of hydrogen-bond donors (Lipinski definition) is 1. The van der Waals surface area contributed by atoms with Gasteiger partial charge in [0.1, 0.15) is 6.33 Å². The second-order valence-electron chi connectivity index (χ2n) is 6.72. The van der Waals surface area contributed by atoms with Gasteiger partial charge >= 0.3 is 0 Å². The summed E-state index contributed by atoms with van der Waals surface area (Å²) in [6, 6.07) is 1.96. The van der Waals surface area contributed by atoms with Crippen LogP contribution in [0.4, 0.5) is 0 Å². The summed E-state index contributed by atoms with van der Waals surface area (Å²) in [5, 5.41) is 18.3. The number of rotatable bonds is 7. The summed E-state index contributed by atoms with van der Waals surface area (Å²) in [6.07, 6.45) is 2.60. The Morgan fingerprint density at radius 2 is 2.15 bits per heavy atom. The predicted molar refractivity (Wildman–Crippen MR) is 91.4 cm³/mol. The highest BCUT2D eigenvalue weighted by molar-refractivity contribution is 5.78. The van der Waals surface area contributed by atoms with E-state index in [9.17, 15) is 9.59 Å². The Labute approximate surface area is 151 Å². The molecule has 26 heavy (non-hydrogen) atoms. The zero-order valence-corrected chi connectivity index (χ0v) is 15.1. The first-order valence-corrected chi connectivity index (χ1v) is 8.85. The van der Waals surface area contributed by atoms with E-state index >= 15 is 0 Å². The number of carbonyl (C=O) groups is 2. The molecule has 0 saturated carbocycles. The standard InChI is InChI=1S/C16H24N8O2/c1-12(2)16(26)22-6-7-24-14(10-22)8-13(19-24)9-17-15(25)4-3-5-23-11-18-20-21-23/h8,11-12H,3-7,9-10H2,1-2H3,(H,17,25). The molecule has 10 heteroatoms. The summed E-state index contributed by atoms with van der Waals surface area (Å²) in [7, 11) is 0. The van der Waals surface area contributed by atoms with Gasteiger partial charge in [-0.3, -0.25) is 14.3 Å². The van der Waals surface area contributed by atoms with E-state index in [4.69, 9.17) is 0 Å². The van der Waals surface area contributed by atoms with E-state index in [1.165, 1.54) is 6.33 Å². The normalized spacial score (nSPS) is 13.7. The van der Waals surface area contributed by atoms with Crippen LogP contribution in [0.5, 0.6) is 0 Å². The summed E-state index contributed by atoms with van der Waals surface area (Å²) in [5.41, 5.74) is 1.82. The smallest absolute Gasteiger partial charge is 0.225 e. The minimum Gasteiger partial charge on any atom is -0.350 e. The second-order valence-corrected chi connectivity index (χ2v) is 6.72. The molecule has 3 heterocycles. The van der Waals surface area contributed by atoms with Crippen molar-refractivity contribution in [2.75, 3.05) is 6.54 Å². The van der Waals surface area contributed by atoms with Crippen LogP contribution < -0.4 is 5.32 Å². The zero-order chi connectivity index (χ0) is 18.5. The molecule has 10 nitrogen and oxygen atoms in total. The monoisotopic (exact) mass is 360 g/mol. The summed E-state index contributed by atoms with van der Waals surface area (Å²) in [6.45, 7) is 6.76. The van der Waals surface area contributed by atoms with Crippen LogP contribution in [0, 0.1) is 5.92 Å². The highest BCUT2D eigenvalue weighted by Crippen LogP contribution is 2.16. The summed E-state index contributed by atoms with van der Waals surface area (Å²) in [5.74, 6) is 0.132. The minimum absolute atomic E-state index is 0.00321. The van der Waals surface area contributed by atoms with Crippen LogP contribution in [0.25, 0.3) is 0 Å². The fourth-order valence-electron chi connectivity index (χ4n) is 2.93. The van der Waals surface area contributed by atoms with E-state index in [2.05, 4.69) is 25.9 Å². The molecule has 1 aliphatic heterocycles. The van der Waals surface area contributed by atoms with Gasteiger partial charge in [-0.1, -0.05) is 13.8 Å². The van der Waals surface area contributed by atoms with Gasteiger partial charge in [0.05, 0.1) is 31.0 Å². The SMILES string of the molecule is CC(C)C(=O)N1CCn2nc(CNC(=O)CCCn3cnnn3)cc2C1. The molecule has 0 radical (unpaired) electrons. The number of nitrogens with zero attached hydrogens (tertiary/aromatic N) is 7. The third-order valence-electron chi connectivity index (χ3n) is 4.30. The van der Waals surface area contributed by atoms with Crippen LogP contribution in [0.15, 0.2) is 12.4 Å². The van der Waals surface area contributed by atoms with E-state index in [1.54, 1.807) is 4.68 Å². The molecule has 2 aromatic rings. The van der Waals surface area contributed by atoms with Crippen molar-refractivity contribution in [3.8, 4) is 0 Å². The van der Waals surface area contributed by atoms with Crippen LogP contribution in [-0.2, 0) is 35.8 Å². The van der Waals surface area contributed by atoms with E-state index in [-0.39, 0.29) is 17.7 Å². The van der Waals surface area contributed by atoms with Gasteiger partial charge in [0, 0.05) is 25.4 Å². The maximum absolute atomic E-state index is 12.1. The molecule has 3 rings (SSSR count). The van der Waals surface area contributed by atoms with Crippen LogP contribution >= 0.6 is 0 Å². The molecule has 0 atom stereocenters. The molecule has 0 saturated heterocycles. The number of carbonyl (C=O) groups excluding carboxylic acids is 2. The van der Waals surface area contributed by atoms with Gasteiger partial charge in [-0.25, -0.2) is 4.68 Å². The van der Waals surface area contributed by atoms with Crippen molar-refractivity contribution in [2.24, 2.45) is 5.92 Å². The highest BCUT2D eigenvalue weighted by atomic mass is 16.2. The molecular weight excluding hydrogens is 336 g/mol. The predicted octanol–water partition coefficient (Wildman–Crippen LogP) is -0.0356. The Kier molecular flexibility index (Phi) is 5.59. The van der Waals surface area contributed by atoms with Crippen molar-refractivity contribution in [3.63, 3.8) is 0 Å². The maximum atomic E-state index is 12.1. The summed E-state index contributed by atoms with van der Waals surface area (Å²) in [4.78, 5) is 25.9. The number of tetrazole rings is 1. The van der Waals surface area contributed by atoms with Gasteiger partial charge in [0.2, 0.25) is 11.8 Å². The third kappa shape index (κ3) is 4.44. The van der Waals surface area contributed by atoms with Gasteiger partial charge < -0.3 is 10.2 Å². The number of amides is 2. The Morgan fingerprint density at radius 3 is 2.88 bits per heavy atom. The Morgan fingerprint density at radius 1 is 1.31 bits per heavy atom. The molecule has 1 N–H and O–H groups in total. The van der Waals surface area contributed by atoms with Gasteiger partial charge in [0.25, 0.3) is 0 Å². The molecule has 0 aliphatic carbocycles. The first-order valence-electron chi connectivity index (χ1n) is 8.85. The molecular formula is C16H24N8O2. The first-order chi connectivity index (χ1) is 12.5. The molecule has 0 fully saturated rings. The fourth-order valence-corrected chi connectivity index (χ4v) is 2.93. The number of aryl methyl sites for hydroxylation is 1. The molecule has 140 valence electrons. The fraction of sp³-hybridized carbons (Fsp3) is 0.625. The minimum atomic E-state index is -0.0272. The Bertz CT molecular complexity index is 752. The highest BCUT2D eigenvalue weighted by Gasteiger charge is 2.23. The summed E-state index contributed by atoms with van der Waals surface area (Å²) >= 11 is 0. The molecule has 2 aromatic heterocycles. The van der Waals surface area contributed by atoms with Crippen LogP contribution in [0.1, 0.15) is 38.1 Å². The van der Waals surface area contributed by atoms with Crippen LogP contribution in [0.2, 0.25) is 0 Å². The lowest BCUT2D eigenvalue weighted by molar-refractivity contribution is -0.136. The average molecular weight is 360 g/mol. The van der Waals surface area contributed by atoms with Crippen LogP contribution in [-0.4, -0.2) is 53.2 Å². The molecule has 0 aromatic carbocycles. The number of hydrogen-bond acceptors (Lipinski definition) is 6. The zero-order valence-electron chi connectivity index (χ0n) is 15.1. The number of nitrogens with one attached hydrogen (secondary N) is 1. The molecule has 0 unspecified atom stereocenters. The second kappa shape index (κ2) is 8.07. The van der Waals surface area contributed by atoms with E-state index in [0.29, 0.717) is 45.6 Å². The van der Waals surface area contributed by atoms with Gasteiger partial charge in [-0.2, -0.15) is 5.10 Å². The third-order valence-corrected chi connectivity index (χ3v) is 4.30.